The average molecular weight is 415 g/mol. The molecule has 2 aliphatic heterocycles. The number of nitrogens with one attached hydrogen (secondary N) is 2. The monoisotopic (exact) mass is 414 g/mol. The zero-order chi connectivity index (χ0) is 20.8. The van der Waals surface area contributed by atoms with Crippen LogP contribution in [0, 0.1) is 11.8 Å². The molecule has 4 N–H and O–H groups in total. The third kappa shape index (κ3) is 3.16. The highest BCUT2D eigenvalue weighted by atomic mass is 35.5. The fraction of sp³-hybridized carbons (Fsp3) is 0.364. The third-order valence-corrected chi connectivity index (χ3v) is 6.45. The molecule has 2 amide bonds. The lowest BCUT2D eigenvalue weighted by Gasteiger charge is -2.26. The lowest BCUT2D eigenvalue weighted by Crippen LogP contribution is -2.99. The number of ether oxygens (including phenoxy) is 1. The van der Waals surface area contributed by atoms with Gasteiger partial charge in [0.2, 0.25) is 11.4 Å². The highest BCUT2D eigenvalue weighted by molar-refractivity contribution is 6.34. The molecule has 0 saturated carbocycles. The van der Waals surface area contributed by atoms with E-state index < -0.39 is 11.5 Å². The molecule has 29 heavy (non-hydrogen) atoms. The Morgan fingerprint density at radius 2 is 2.00 bits per heavy atom. The second-order valence-corrected chi connectivity index (χ2v) is 8.47. The summed E-state index contributed by atoms with van der Waals surface area (Å²) in [4.78, 5) is 26.6. The van der Waals surface area contributed by atoms with Crippen molar-refractivity contribution >= 4 is 34.8 Å². The molecule has 1 spiro atoms. The van der Waals surface area contributed by atoms with Gasteiger partial charge in [-0.2, -0.15) is 0 Å². The molecule has 0 aliphatic carbocycles. The van der Waals surface area contributed by atoms with Crippen molar-refractivity contribution in [3.8, 4) is 5.75 Å². The number of nitrogens with two attached hydrogens (primary N) is 1. The number of methoxy groups -OCH3 is 1. The van der Waals surface area contributed by atoms with Crippen LogP contribution < -0.4 is 20.7 Å². The minimum atomic E-state index is -1.01. The number of halogens is 1. The number of carbonyl (C=O) groups excluding carboxylic acids is 2. The Balaban J connectivity index is 1.71. The second-order valence-electron chi connectivity index (χ2n) is 8.07. The first kappa shape index (κ1) is 19.7. The van der Waals surface area contributed by atoms with Crippen LogP contribution in [0.3, 0.4) is 0 Å². The number of hydrogen-bond donors (Lipinski definition) is 3. The van der Waals surface area contributed by atoms with Crippen LogP contribution in [-0.2, 0) is 15.1 Å². The van der Waals surface area contributed by atoms with Gasteiger partial charge < -0.3 is 20.7 Å². The van der Waals surface area contributed by atoms with E-state index in [-0.39, 0.29) is 17.9 Å². The molecular weight excluding hydrogens is 390 g/mol. The van der Waals surface area contributed by atoms with Crippen molar-refractivity contribution in [2.75, 3.05) is 17.7 Å². The first-order chi connectivity index (χ1) is 13.9. The lowest BCUT2D eigenvalue weighted by atomic mass is 9.79. The highest BCUT2D eigenvalue weighted by Crippen LogP contribution is 2.46. The predicted octanol–water partition coefficient (Wildman–Crippen LogP) is 2.74. The quantitative estimate of drug-likeness (QED) is 0.719. The van der Waals surface area contributed by atoms with Crippen molar-refractivity contribution in [1.29, 1.82) is 0 Å². The maximum Gasteiger partial charge on any atom is 0.291 e. The van der Waals surface area contributed by atoms with Gasteiger partial charge in [0.1, 0.15) is 11.7 Å². The van der Waals surface area contributed by atoms with E-state index in [0.29, 0.717) is 34.5 Å². The number of benzene rings is 2. The molecule has 0 aromatic heterocycles. The van der Waals surface area contributed by atoms with Crippen molar-refractivity contribution in [2.45, 2.75) is 31.8 Å². The van der Waals surface area contributed by atoms with Gasteiger partial charge in [-0.25, -0.2) is 0 Å². The molecule has 3 atom stereocenters. The summed E-state index contributed by atoms with van der Waals surface area (Å²) in [5, 5.41) is 8.46. The van der Waals surface area contributed by atoms with E-state index >= 15 is 0 Å². The number of carbonyl (C=O) groups is 2. The lowest BCUT2D eigenvalue weighted by molar-refractivity contribution is -0.736. The Labute approximate surface area is 175 Å². The Kier molecular flexibility index (Phi) is 5.00. The zero-order valence-electron chi connectivity index (χ0n) is 16.7. The number of para-hydroxylation sites is 1. The summed E-state index contributed by atoms with van der Waals surface area (Å²) in [6.07, 6.45) is 0.610. The molecule has 1 fully saturated rings. The molecule has 1 saturated heterocycles. The summed E-state index contributed by atoms with van der Waals surface area (Å²) in [5.74, 6) is 0.168. The maximum atomic E-state index is 13.4. The van der Waals surface area contributed by atoms with E-state index in [1.807, 2.05) is 12.1 Å². The van der Waals surface area contributed by atoms with Gasteiger partial charge in [-0.3, -0.25) is 9.59 Å². The maximum absolute atomic E-state index is 13.4. The van der Waals surface area contributed by atoms with Gasteiger partial charge >= 0.3 is 0 Å². The summed E-state index contributed by atoms with van der Waals surface area (Å²) in [5.41, 5.74) is 1.06. The Morgan fingerprint density at radius 1 is 1.28 bits per heavy atom. The minimum Gasteiger partial charge on any atom is -0.497 e. The summed E-state index contributed by atoms with van der Waals surface area (Å²) in [6, 6.07) is 12.8. The molecule has 2 heterocycles. The van der Waals surface area contributed by atoms with Gasteiger partial charge in [-0.05, 0) is 36.4 Å². The van der Waals surface area contributed by atoms with Gasteiger partial charge in [0.25, 0.3) is 5.91 Å². The van der Waals surface area contributed by atoms with Gasteiger partial charge in [-0.15, -0.1) is 0 Å². The summed E-state index contributed by atoms with van der Waals surface area (Å²) in [6.45, 7) is 4.23. The molecule has 6 nitrogen and oxygen atoms in total. The van der Waals surface area contributed by atoms with Gasteiger partial charge in [0.05, 0.1) is 23.9 Å². The zero-order valence-corrected chi connectivity index (χ0v) is 17.4. The molecule has 152 valence electrons. The second kappa shape index (κ2) is 7.35. The number of anilines is 2. The summed E-state index contributed by atoms with van der Waals surface area (Å²) in [7, 11) is 1.60. The molecule has 2 aromatic carbocycles. The number of quaternary nitrogens is 1. The van der Waals surface area contributed by atoms with Crippen LogP contribution in [0.25, 0.3) is 0 Å². The number of amides is 2. The van der Waals surface area contributed by atoms with Crippen LogP contribution in [0.15, 0.2) is 42.5 Å². The normalized spacial score (nSPS) is 25.2. The van der Waals surface area contributed by atoms with E-state index in [9.17, 15) is 9.59 Å². The van der Waals surface area contributed by atoms with Crippen LogP contribution in [0.1, 0.15) is 25.8 Å². The smallest absolute Gasteiger partial charge is 0.291 e. The van der Waals surface area contributed by atoms with E-state index in [0.717, 1.165) is 5.56 Å². The number of rotatable bonds is 4. The largest absolute Gasteiger partial charge is 0.497 e. The summed E-state index contributed by atoms with van der Waals surface area (Å²) >= 11 is 6.34. The SMILES string of the molecule is COc1ccc(NC(=O)[C@H]2C[C@H](C(C)C)[NH2+][C@]23C(=O)Nc2c(Cl)cccc23)cc1. The van der Waals surface area contributed by atoms with Crippen molar-refractivity contribution in [3.05, 3.63) is 53.1 Å². The fourth-order valence-corrected chi connectivity index (χ4v) is 4.73. The number of hydrogen-bond acceptors (Lipinski definition) is 3. The van der Waals surface area contributed by atoms with Gasteiger partial charge in [-0.1, -0.05) is 31.5 Å². The van der Waals surface area contributed by atoms with Crippen LogP contribution >= 0.6 is 11.6 Å². The van der Waals surface area contributed by atoms with Gasteiger partial charge in [0, 0.05) is 23.6 Å². The molecular formula is C22H25ClN3O3+. The standard InChI is InChI=1S/C22H24ClN3O3/c1-12(2)18-11-16(20(27)24-13-7-9-14(29-3)10-8-13)22(26-18)15-5-4-6-17(23)19(15)25-21(22)28/h4-10,12,16,18,26H,11H2,1-3H3,(H,24,27)(H,25,28)/p+1/t16-,18-,22+/m1/s1. The van der Waals surface area contributed by atoms with E-state index in [1.54, 1.807) is 37.4 Å². The molecule has 2 aliphatic rings. The van der Waals surface area contributed by atoms with Gasteiger partial charge in [0.15, 0.2) is 0 Å². The van der Waals surface area contributed by atoms with Crippen LogP contribution in [0.5, 0.6) is 5.75 Å². The van der Waals surface area contributed by atoms with Crippen LogP contribution in [0.2, 0.25) is 5.02 Å². The fourth-order valence-electron chi connectivity index (χ4n) is 4.51. The topological polar surface area (TPSA) is 84.0 Å². The molecule has 0 unspecified atom stereocenters. The Hall–Kier alpha value is -2.57. The van der Waals surface area contributed by atoms with Crippen molar-refractivity contribution in [3.63, 3.8) is 0 Å². The first-order valence-corrected chi connectivity index (χ1v) is 10.2. The van der Waals surface area contributed by atoms with E-state index in [2.05, 4.69) is 29.8 Å². The highest BCUT2D eigenvalue weighted by Gasteiger charge is 2.64. The van der Waals surface area contributed by atoms with Crippen molar-refractivity contribution in [2.24, 2.45) is 11.8 Å². The minimum absolute atomic E-state index is 0.150. The first-order valence-electron chi connectivity index (χ1n) is 9.78. The third-order valence-electron chi connectivity index (χ3n) is 6.14. The van der Waals surface area contributed by atoms with E-state index in [4.69, 9.17) is 16.3 Å². The Morgan fingerprint density at radius 3 is 2.66 bits per heavy atom. The predicted molar refractivity (Wildman–Crippen MR) is 112 cm³/mol. The van der Waals surface area contributed by atoms with Crippen LogP contribution in [-0.4, -0.2) is 25.0 Å². The van der Waals surface area contributed by atoms with Crippen LogP contribution in [0.4, 0.5) is 11.4 Å². The van der Waals surface area contributed by atoms with Crippen molar-refractivity contribution < 1.29 is 19.6 Å². The molecule has 7 heteroatoms. The molecule has 2 aromatic rings. The van der Waals surface area contributed by atoms with E-state index in [1.165, 1.54) is 0 Å². The number of fused-ring (bicyclic) bond motifs is 2. The average Bonchev–Trinajstić information content (AvgIpc) is 3.24. The summed E-state index contributed by atoms with van der Waals surface area (Å²) < 4.78 is 5.17. The van der Waals surface area contributed by atoms with Crippen molar-refractivity contribution in [1.82, 2.24) is 0 Å². The molecule has 0 radical (unpaired) electrons. The molecule has 0 bridgehead atoms. The molecule has 4 rings (SSSR count). The Bertz CT molecular complexity index is 960.